The van der Waals surface area contributed by atoms with Crippen molar-refractivity contribution in [3.8, 4) is 5.75 Å². The van der Waals surface area contributed by atoms with Gasteiger partial charge in [-0.25, -0.2) is 27.3 Å². The van der Waals surface area contributed by atoms with Crippen LogP contribution in [-0.2, 0) is 10.0 Å². The van der Waals surface area contributed by atoms with Crippen molar-refractivity contribution in [2.24, 2.45) is 5.14 Å². The maximum Gasteiger partial charge on any atom is 0.284 e. The van der Waals surface area contributed by atoms with E-state index in [2.05, 4.69) is 9.72 Å². The number of hydrogen-bond donors (Lipinski definition) is 1. The summed E-state index contributed by atoms with van der Waals surface area (Å²) in [5, 5.41) is 4.89. The molecule has 0 aliphatic carbocycles. The average Bonchev–Trinajstić information content (AvgIpc) is 2.14. The molecule has 0 atom stereocenters. The van der Waals surface area contributed by atoms with E-state index >= 15 is 0 Å². The Labute approximate surface area is 91.3 Å². The monoisotopic (exact) mass is 252 g/mol. The van der Waals surface area contributed by atoms with Crippen LogP contribution in [0.5, 0.6) is 5.75 Å². The molecule has 2 N–H and O–H groups in total. The lowest BCUT2D eigenvalue weighted by atomic mass is 10.3. The van der Waals surface area contributed by atoms with Crippen molar-refractivity contribution in [3.63, 3.8) is 0 Å². The van der Waals surface area contributed by atoms with Crippen LogP contribution in [0.2, 0.25) is 0 Å². The number of aryl methyl sites for hydroxylation is 1. The van der Waals surface area contributed by atoms with Gasteiger partial charge in [-0.2, -0.15) is 0 Å². The van der Waals surface area contributed by atoms with Crippen molar-refractivity contribution in [3.05, 3.63) is 17.5 Å². The summed E-state index contributed by atoms with van der Waals surface area (Å²) in [5.74, 6) is -0.511. The number of hydrogen-bond acceptors (Lipinski definition) is 4. The van der Waals surface area contributed by atoms with Crippen molar-refractivity contribution in [2.45, 2.75) is 18.2 Å². The summed E-state index contributed by atoms with van der Waals surface area (Å²) in [7, 11) is -3.05. The minimum atomic E-state index is -4.12. The Bertz CT molecular complexity index is 502. The van der Waals surface area contributed by atoms with Gasteiger partial charge >= 0.3 is 0 Å². The second-order valence-corrected chi connectivity index (χ2v) is 4.56. The molecular weight excluding hydrogens is 242 g/mol. The first-order chi connectivity index (χ1) is 7.27. The van der Waals surface area contributed by atoms with E-state index in [0.29, 0.717) is 0 Å². The standard InChI is InChI=1S/C8H10F2N2O3S/c1-4-3-5(16(11,13)14)7(15-2)6(12-4)8(9)10/h3,8H,1-2H3,(H2,11,13,14). The van der Waals surface area contributed by atoms with Crippen LogP contribution in [0, 0.1) is 6.92 Å². The molecule has 0 aromatic carbocycles. The van der Waals surface area contributed by atoms with Gasteiger partial charge in [-0.1, -0.05) is 0 Å². The number of primary sulfonamides is 1. The van der Waals surface area contributed by atoms with Crippen LogP contribution in [0.25, 0.3) is 0 Å². The molecule has 0 radical (unpaired) electrons. The zero-order chi connectivity index (χ0) is 12.5. The number of nitrogens with zero attached hydrogens (tertiary/aromatic N) is 1. The molecule has 0 bridgehead atoms. The lowest BCUT2D eigenvalue weighted by Gasteiger charge is -2.11. The summed E-state index contributed by atoms with van der Waals surface area (Å²) in [6.45, 7) is 1.39. The van der Waals surface area contributed by atoms with E-state index in [1.165, 1.54) is 6.92 Å². The average molecular weight is 252 g/mol. The number of alkyl halides is 2. The Hall–Kier alpha value is -1.28. The normalized spacial score (nSPS) is 11.9. The smallest absolute Gasteiger partial charge is 0.284 e. The van der Waals surface area contributed by atoms with Gasteiger partial charge in [0.1, 0.15) is 10.6 Å². The summed E-state index contributed by atoms with van der Waals surface area (Å²) in [5.41, 5.74) is -0.605. The van der Waals surface area contributed by atoms with Crippen molar-refractivity contribution >= 4 is 10.0 Å². The lowest BCUT2D eigenvalue weighted by molar-refractivity contribution is 0.140. The fraction of sp³-hybridized carbons (Fsp3) is 0.375. The minimum absolute atomic E-state index is 0.125. The zero-order valence-corrected chi connectivity index (χ0v) is 9.38. The number of ether oxygens (including phenoxy) is 1. The fourth-order valence-electron chi connectivity index (χ4n) is 1.22. The molecule has 5 nitrogen and oxygen atoms in total. The van der Waals surface area contributed by atoms with Crippen molar-refractivity contribution in [2.75, 3.05) is 7.11 Å². The molecule has 90 valence electrons. The van der Waals surface area contributed by atoms with Crippen LogP contribution in [0.1, 0.15) is 17.8 Å². The molecule has 0 fully saturated rings. The van der Waals surface area contributed by atoms with Crippen LogP contribution in [0.3, 0.4) is 0 Å². The summed E-state index contributed by atoms with van der Waals surface area (Å²) >= 11 is 0. The van der Waals surface area contributed by atoms with E-state index in [1.54, 1.807) is 0 Å². The quantitative estimate of drug-likeness (QED) is 0.869. The minimum Gasteiger partial charge on any atom is -0.493 e. The molecule has 0 spiro atoms. The zero-order valence-electron chi connectivity index (χ0n) is 8.57. The van der Waals surface area contributed by atoms with Gasteiger partial charge in [0.25, 0.3) is 6.43 Å². The predicted molar refractivity (Wildman–Crippen MR) is 51.9 cm³/mol. The molecule has 1 aromatic rings. The third kappa shape index (κ3) is 2.45. The third-order valence-corrected chi connectivity index (χ3v) is 2.73. The van der Waals surface area contributed by atoms with Gasteiger partial charge in [-0.05, 0) is 13.0 Å². The summed E-state index contributed by atoms with van der Waals surface area (Å²) in [4.78, 5) is 3.03. The van der Waals surface area contributed by atoms with Gasteiger partial charge in [0.2, 0.25) is 10.0 Å². The number of aromatic nitrogens is 1. The van der Waals surface area contributed by atoms with Crippen LogP contribution >= 0.6 is 0 Å². The number of sulfonamides is 1. The van der Waals surface area contributed by atoms with Crippen LogP contribution in [0.4, 0.5) is 8.78 Å². The molecular formula is C8H10F2N2O3S. The second kappa shape index (κ2) is 4.30. The predicted octanol–water partition coefficient (Wildman–Crippen LogP) is 0.984. The Morgan fingerprint density at radius 1 is 1.50 bits per heavy atom. The van der Waals surface area contributed by atoms with E-state index in [1.807, 2.05) is 0 Å². The SMILES string of the molecule is COc1c(S(N)(=O)=O)cc(C)nc1C(F)F. The van der Waals surface area contributed by atoms with Gasteiger partial charge in [0.15, 0.2) is 5.75 Å². The van der Waals surface area contributed by atoms with E-state index in [0.717, 1.165) is 13.2 Å². The van der Waals surface area contributed by atoms with E-state index in [4.69, 9.17) is 5.14 Å². The summed E-state index contributed by atoms with van der Waals surface area (Å²) in [6.07, 6.45) is -2.93. The van der Waals surface area contributed by atoms with Gasteiger partial charge in [-0.15, -0.1) is 0 Å². The number of pyridine rings is 1. The molecule has 1 rings (SSSR count). The molecule has 16 heavy (non-hydrogen) atoms. The molecule has 0 saturated heterocycles. The van der Waals surface area contributed by atoms with E-state index in [-0.39, 0.29) is 5.69 Å². The highest BCUT2D eigenvalue weighted by Crippen LogP contribution is 2.32. The maximum atomic E-state index is 12.6. The number of methoxy groups -OCH3 is 1. The molecule has 0 aliphatic rings. The topological polar surface area (TPSA) is 82.3 Å². The van der Waals surface area contributed by atoms with E-state index in [9.17, 15) is 17.2 Å². The Morgan fingerprint density at radius 2 is 2.06 bits per heavy atom. The van der Waals surface area contributed by atoms with E-state index < -0.39 is 32.8 Å². The van der Waals surface area contributed by atoms with Gasteiger partial charge in [-0.3, -0.25) is 0 Å². The highest BCUT2D eigenvalue weighted by Gasteiger charge is 2.25. The van der Waals surface area contributed by atoms with Gasteiger partial charge < -0.3 is 4.74 Å². The highest BCUT2D eigenvalue weighted by molar-refractivity contribution is 7.89. The van der Waals surface area contributed by atoms with Crippen molar-refractivity contribution in [1.82, 2.24) is 4.98 Å². The summed E-state index contributed by atoms with van der Waals surface area (Å²) in [6, 6.07) is 1.08. The Kier molecular flexibility index (Phi) is 3.44. The molecule has 1 heterocycles. The Morgan fingerprint density at radius 3 is 2.44 bits per heavy atom. The highest BCUT2D eigenvalue weighted by atomic mass is 32.2. The van der Waals surface area contributed by atoms with Crippen molar-refractivity contribution in [1.29, 1.82) is 0 Å². The van der Waals surface area contributed by atoms with Crippen LogP contribution < -0.4 is 9.88 Å². The molecule has 0 unspecified atom stereocenters. The number of halogens is 2. The molecule has 0 amide bonds. The molecule has 0 aliphatic heterocycles. The number of rotatable bonds is 3. The lowest BCUT2D eigenvalue weighted by Crippen LogP contribution is -2.15. The van der Waals surface area contributed by atoms with Crippen LogP contribution in [-0.4, -0.2) is 20.5 Å². The first-order valence-electron chi connectivity index (χ1n) is 4.14. The largest absolute Gasteiger partial charge is 0.493 e. The molecule has 8 heteroatoms. The second-order valence-electron chi connectivity index (χ2n) is 3.03. The number of nitrogens with two attached hydrogens (primary N) is 1. The van der Waals surface area contributed by atoms with Gasteiger partial charge in [0, 0.05) is 5.69 Å². The summed E-state index contributed by atoms with van der Waals surface area (Å²) < 4.78 is 52.1. The first kappa shape index (κ1) is 12.8. The Balaban J connectivity index is 3.62. The maximum absolute atomic E-state index is 12.6. The van der Waals surface area contributed by atoms with Crippen LogP contribution in [0.15, 0.2) is 11.0 Å². The fourth-order valence-corrected chi connectivity index (χ4v) is 2.00. The van der Waals surface area contributed by atoms with Gasteiger partial charge in [0.05, 0.1) is 7.11 Å². The third-order valence-electron chi connectivity index (χ3n) is 1.81. The molecule has 0 saturated carbocycles. The van der Waals surface area contributed by atoms with Crippen molar-refractivity contribution < 1.29 is 21.9 Å². The molecule has 1 aromatic heterocycles. The first-order valence-corrected chi connectivity index (χ1v) is 5.68.